The van der Waals surface area contributed by atoms with Crippen LogP contribution >= 0.6 is 11.3 Å². The molecular weight excluding hydrogens is 324 g/mol. The summed E-state index contributed by atoms with van der Waals surface area (Å²) >= 11 is 1.62. The quantitative estimate of drug-likeness (QED) is 0.860. The summed E-state index contributed by atoms with van der Waals surface area (Å²) in [5.74, 6) is 0.337. The number of likely N-dealkylation sites (N-methyl/N-ethyl adjacent to an activating group) is 1. The van der Waals surface area contributed by atoms with Gasteiger partial charge in [0.1, 0.15) is 5.75 Å². The van der Waals surface area contributed by atoms with Crippen LogP contribution in [0, 0.1) is 0 Å². The van der Waals surface area contributed by atoms with Crippen molar-refractivity contribution >= 4 is 28.8 Å². The third kappa shape index (κ3) is 3.01. The van der Waals surface area contributed by atoms with Crippen LogP contribution in [-0.2, 0) is 9.59 Å². The maximum Gasteiger partial charge on any atom is 0.265 e. The van der Waals surface area contributed by atoms with Gasteiger partial charge < -0.3 is 14.5 Å². The highest BCUT2D eigenvalue weighted by atomic mass is 32.1. The van der Waals surface area contributed by atoms with Crippen LogP contribution < -0.4 is 9.64 Å². The van der Waals surface area contributed by atoms with Crippen LogP contribution in [0.25, 0.3) is 0 Å². The number of thiophene rings is 1. The van der Waals surface area contributed by atoms with E-state index in [1.165, 1.54) is 6.92 Å². The van der Waals surface area contributed by atoms with Crippen molar-refractivity contribution in [1.82, 2.24) is 4.90 Å². The van der Waals surface area contributed by atoms with Gasteiger partial charge in [0, 0.05) is 18.8 Å². The highest BCUT2D eigenvalue weighted by Crippen LogP contribution is 2.34. The van der Waals surface area contributed by atoms with E-state index in [0.29, 0.717) is 11.4 Å². The summed E-state index contributed by atoms with van der Waals surface area (Å²) in [7, 11) is 1.77. The number of para-hydroxylation sites is 2. The second kappa shape index (κ2) is 6.65. The number of ether oxygens (including phenoxy) is 1. The minimum Gasteiger partial charge on any atom is -0.476 e. The molecule has 5 nitrogen and oxygen atoms in total. The van der Waals surface area contributed by atoms with Crippen molar-refractivity contribution in [2.24, 2.45) is 0 Å². The molecule has 0 saturated heterocycles. The van der Waals surface area contributed by atoms with Gasteiger partial charge in [0.05, 0.1) is 18.3 Å². The molecule has 0 spiro atoms. The van der Waals surface area contributed by atoms with E-state index in [4.69, 9.17) is 4.74 Å². The van der Waals surface area contributed by atoms with Crippen molar-refractivity contribution in [2.45, 2.75) is 26.0 Å². The van der Waals surface area contributed by atoms with Gasteiger partial charge in [-0.15, -0.1) is 11.3 Å². The molecule has 2 unspecified atom stereocenters. The largest absolute Gasteiger partial charge is 0.476 e. The lowest BCUT2D eigenvalue weighted by atomic mass is 10.1. The predicted molar refractivity (Wildman–Crippen MR) is 94.4 cm³/mol. The van der Waals surface area contributed by atoms with Crippen LogP contribution in [0.2, 0.25) is 0 Å². The molecule has 2 aromatic rings. The smallest absolute Gasteiger partial charge is 0.265 e. The van der Waals surface area contributed by atoms with E-state index >= 15 is 0 Å². The molecule has 1 aliphatic rings. The van der Waals surface area contributed by atoms with Crippen LogP contribution in [0.15, 0.2) is 41.8 Å². The third-order valence-corrected chi connectivity index (χ3v) is 5.36. The molecule has 2 amide bonds. The number of amides is 2. The fraction of sp³-hybridized carbons (Fsp3) is 0.333. The van der Waals surface area contributed by atoms with Gasteiger partial charge in [-0.3, -0.25) is 9.59 Å². The minimum absolute atomic E-state index is 0.0379. The van der Waals surface area contributed by atoms with Crippen LogP contribution in [-0.4, -0.2) is 36.4 Å². The number of hydrogen-bond donors (Lipinski definition) is 0. The van der Waals surface area contributed by atoms with Crippen molar-refractivity contribution in [3.63, 3.8) is 0 Å². The van der Waals surface area contributed by atoms with Gasteiger partial charge in [0.15, 0.2) is 6.10 Å². The summed E-state index contributed by atoms with van der Waals surface area (Å²) in [5.41, 5.74) is 0.711. The average molecular weight is 344 g/mol. The Labute approximate surface area is 145 Å². The molecule has 0 N–H and O–H groups in total. The summed E-state index contributed by atoms with van der Waals surface area (Å²) in [4.78, 5) is 29.2. The van der Waals surface area contributed by atoms with Crippen LogP contribution in [0.1, 0.15) is 24.8 Å². The second-order valence-electron chi connectivity index (χ2n) is 5.84. The zero-order valence-electron chi connectivity index (χ0n) is 13.9. The first-order chi connectivity index (χ1) is 11.5. The van der Waals surface area contributed by atoms with Gasteiger partial charge in [-0.2, -0.15) is 0 Å². The maximum atomic E-state index is 12.9. The lowest BCUT2D eigenvalue weighted by Gasteiger charge is -2.36. The highest BCUT2D eigenvalue weighted by molar-refractivity contribution is 7.10. The number of hydrogen-bond acceptors (Lipinski definition) is 4. The molecule has 6 heteroatoms. The summed E-state index contributed by atoms with van der Waals surface area (Å²) in [6, 6.07) is 11.2. The van der Waals surface area contributed by atoms with E-state index < -0.39 is 6.10 Å². The summed E-state index contributed by atoms with van der Waals surface area (Å²) in [5, 5.41) is 2.00. The predicted octanol–water partition coefficient (Wildman–Crippen LogP) is 3.08. The molecule has 0 fully saturated rings. The van der Waals surface area contributed by atoms with Crippen molar-refractivity contribution in [3.05, 3.63) is 46.7 Å². The minimum atomic E-state index is -0.698. The van der Waals surface area contributed by atoms with Gasteiger partial charge >= 0.3 is 0 Å². The van der Waals surface area contributed by atoms with Crippen molar-refractivity contribution in [2.75, 3.05) is 18.5 Å². The normalized spacial score (nSPS) is 17.6. The zero-order valence-corrected chi connectivity index (χ0v) is 14.7. The van der Waals surface area contributed by atoms with E-state index in [1.807, 2.05) is 42.6 Å². The molecule has 0 radical (unpaired) electrons. The molecule has 0 saturated carbocycles. The van der Waals surface area contributed by atoms with Gasteiger partial charge in [-0.25, -0.2) is 0 Å². The number of fused-ring (bicyclic) bond motifs is 1. The SMILES string of the molecule is CC(=O)N1CC(C(=O)N(C)C(C)c2cccs2)Oc2ccccc21. The Morgan fingerprint density at radius 3 is 2.71 bits per heavy atom. The highest BCUT2D eigenvalue weighted by Gasteiger charge is 2.35. The Balaban J connectivity index is 1.82. The van der Waals surface area contributed by atoms with Crippen LogP contribution in [0.4, 0.5) is 5.69 Å². The van der Waals surface area contributed by atoms with E-state index in [-0.39, 0.29) is 24.4 Å². The Hall–Kier alpha value is -2.34. The molecule has 1 aromatic carbocycles. The third-order valence-electron chi connectivity index (χ3n) is 4.31. The first-order valence-electron chi connectivity index (χ1n) is 7.83. The molecule has 126 valence electrons. The standard InChI is InChI=1S/C18H20N2O3S/c1-12(17-9-6-10-24-17)19(3)18(22)16-11-20(13(2)21)14-7-4-5-8-15(14)23-16/h4-10,12,16H,11H2,1-3H3. The van der Waals surface area contributed by atoms with Crippen molar-refractivity contribution in [3.8, 4) is 5.75 Å². The lowest BCUT2D eigenvalue weighted by Crippen LogP contribution is -2.51. The number of carbonyl (C=O) groups is 2. The summed E-state index contributed by atoms with van der Waals surface area (Å²) in [6.07, 6.45) is -0.698. The Kier molecular flexibility index (Phi) is 4.57. The molecule has 24 heavy (non-hydrogen) atoms. The summed E-state index contributed by atoms with van der Waals surface area (Å²) in [6.45, 7) is 3.72. The molecule has 3 rings (SSSR count). The van der Waals surface area contributed by atoms with Crippen molar-refractivity contribution < 1.29 is 14.3 Å². The molecule has 0 aliphatic carbocycles. The molecule has 1 aliphatic heterocycles. The second-order valence-corrected chi connectivity index (χ2v) is 6.82. The Bertz CT molecular complexity index is 744. The van der Waals surface area contributed by atoms with Gasteiger partial charge in [-0.05, 0) is 30.5 Å². The van der Waals surface area contributed by atoms with Crippen LogP contribution in [0.5, 0.6) is 5.75 Å². The maximum absolute atomic E-state index is 12.9. The topological polar surface area (TPSA) is 49.9 Å². The van der Waals surface area contributed by atoms with E-state index in [1.54, 1.807) is 34.3 Å². The fourth-order valence-electron chi connectivity index (χ4n) is 2.80. The van der Waals surface area contributed by atoms with Gasteiger partial charge in [0.25, 0.3) is 5.91 Å². The fourth-order valence-corrected chi connectivity index (χ4v) is 3.63. The van der Waals surface area contributed by atoms with Crippen LogP contribution in [0.3, 0.4) is 0 Å². The molecule has 2 heterocycles. The average Bonchev–Trinajstić information content (AvgIpc) is 3.13. The number of rotatable bonds is 3. The molecule has 0 bridgehead atoms. The number of carbonyl (C=O) groups excluding carboxylic acids is 2. The van der Waals surface area contributed by atoms with Gasteiger partial charge in [-0.1, -0.05) is 18.2 Å². The van der Waals surface area contributed by atoms with Crippen molar-refractivity contribution in [1.29, 1.82) is 0 Å². The Morgan fingerprint density at radius 2 is 2.04 bits per heavy atom. The van der Waals surface area contributed by atoms with E-state index in [2.05, 4.69) is 0 Å². The first-order valence-corrected chi connectivity index (χ1v) is 8.71. The molecule has 1 aromatic heterocycles. The zero-order chi connectivity index (χ0) is 17.3. The van der Waals surface area contributed by atoms with E-state index in [0.717, 1.165) is 4.88 Å². The molecule has 2 atom stereocenters. The first kappa shape index (κ1) is 16.5. The van der Waals surface area contributed by atoms with E-state index in [9.17, 15) is 9.59 Å². The summed E-state index contributed by atoms with van der Waals surface area (Å²) < 4.78 is 5.88. The van der Waals surface area contributed by atoms with Gasteiger partial charge in [0.2, 0.25) is 5.91 Å². The number of nitrogens with zero attached hydrogens (tertiary/aromatic N) is 2. The Morgan fingerprint density at radius 1 is 1.29 bits per heavy atom. The number of anilines is 1. The monoisotopic (exact) mass is 344 g/mol. The molecular formula is C18H20N2O3S. The lowest BCUT2D eigenvalue weighted by molar-refractivity contribution is -0.139. The number of benzene rings is 1.